The van der Waals surface area contributed by atoms with Crippen LogP contribution in [0.1, 0.15) is 13.8 Å². The summed E-state index contributed by atoms with van der Waals surface area (Å²) in [6, 6.07) is 4.98. The van der Waals surface area contributed by atoms with Crippen LogP contribution in [-0.4, -0.2) is 59.2 Å². The Morgan fingerprint density at radius 1 is 1.23 bits per heavy atom. The molecule has 0 aromatic heterocycles. The highest BCUT2D eigenvalue weighted by Crippen LogP contribution is 2.26. The summed E-state index contributed by atoms with van der Waals surface area (Å²) in [4.78, 5) is 36.0. The molecule has 2 amide bonds. The molecule has 0 aliphatic heterocycles. The van der Waals surface area contributed by atoms with Crippen molar-refractivity contribution in [2.24, 2.45) is 0 Å². The Bertz CT molecular complexity index is 628. The molecule has 1 rings (SSSR count). The molecule has 1 atom stereocenters. The van der Waals surface area contributed by atoms with Gasteiger partial charge in [0.25, 0.3) is 5.76 Å². The smallest absolute Gasteiger partial charge is 0.320 e. The number of carbonyl (C=O) groups excluding carboxylic acids is 2. The van der Waals surface area contributed by atoms with Crippen molar-refractivity contribution < 1.29 is 28.3 Å². The first-order valence-electron chi connectivity index (χ1n) is 7.75. The van der Waals surface area contributed by atoms with E-state index in [0.29, 0.717) is 22.3 Å². The number of aliphatic carboxylic acids is 1. The van der Waals surface area contributed by atoms with E-state index in [1.807, 2.05) is 0 Å². The van der Waals surface area contributed by atoms with Crippen LogP contribution >= 0.6 is 11.8 Å². The lowest BCUT2D eigenvalue weighted by molar-refractivity contribution is -0.142. The molecular weight excluding hydrogens is 368 g/mol. The number of alkyl halides is 2. The first-order valence-corrected chi connectivity index (χ1v) is 8.63. The van der Waals surface area contributed by atoms with Gasteiger partial charge in [0.1, 0.15) is 6.04 Å². The molecule has 0 aliphatic carbocycles. The highest BCUT2D eigenvalue weighted by Gasteiger charge is 2.22. The largest absolute Gasteiger partial charge is 0.480 e. The molecular formula is C16H21F2N3O4S. The van der Waals surface area contributed by atoms with Gasteiger partial charge in [-0.2, -0.15) is 8.78 Å². The SMILES string of the molecule is CC(=O)NCCN(CC(=O)Nc1ccc(SC(F)F)cc1)C(C)C(=O)O. The Morgan fingerprint density at radius 3 is 2.35 bits per heavy atom. The molecule has 26 heavy (non-hydrogen) atoms. The third-order valence-corrected chi connectivity index (χ3v) is 4.11. The van der Waals surface area contributed by atoms with Crippen LogP contribution in [0, 0.1) is 0 Å². The molecule has 0 radical (unpaired) electrons. The van der Waals surface area contributed by atoms with Crippen LogP contribution in [0.15, 0.2) is 29.2 Å². The third kappa shape index (κ3) is 8.26. The van der Waals surface area contributed by atoms with E-state index >= 15 is 0 Å². The van der Waals surface area contributed by atoms with Gasteiger partial charge < -0.3 is 15.7 Å². The van der Waals surface area contributed by atoms with Crippen molar-refractivity contribution in [1.29, 1.82) is 0 Å². The molecule has 7 nitrogen and oxygen atoms in total. The lowest BCUT2D eigenvalue weighted by atomic mass is 10.2. The highest BCUT2D eigenvalue weighted by molar-refractivity contribution is 7.99. The van der Waals surface area contributed by atoms with E-state index in [4.69, 9.17) is 5.11 Å². The lowest BCUT2D eigenvalue weighted by Gasteiger charge is -2.25. The molecule has 144 valence electrons. The third-order valence-electron chi connectivity index (χ3n) is 3.39. The number of carboxylic acids is 1. The number of hydrogen-bond acceptors (Lipinski definition) is 5. The summed E-state index contributed by atoms with van der Waals surface area (Å²) < 4.78 is 24.6. The maximum atomic E-state index is 12.3. The van der Waals surface area contributed by atoms with Crippen molar-refractivity contribution in [3.8, 4) is 0 Å². The summed E-state index contributed by atoms with van der Waals surface area (Å²) in [6.07, 6.45) is 0. The average Bonchev–Trinajstić information content (AvgIpc) is 2.54. The van der Waals surface area contributed by atoms with E-state index < -0.39 is 23.7 Å². The molecule has 0 spiro atoms. The highest BCUT2D eigenvalue weighted by atomic mass is 32.2. The summed E-state index contributed by atoms with van der Waals surface area (Å²) in [5.41, 5.74) is 0.415. The molecule has 3 N–H and O–H groups in total. The minimum absolute atomic E-state index is 0.185. The molecule has 0 saturated carbocycles. The van der Waals surface area contributed by atoms with E-state index in [-0.39, 0.29) is 25.5 Å². The Labute approximate surface area is 154 Å². The maximum Gasteiger partial charge on any atom is 0.320 e. The first-order chi connectivity index (χ1) is 12.2. The molecule has 10 heteroatoms. The number of hydrogen-bond donors (Lipinski definition) is 3. The van der Waals surface area contributed by atoms with E-state index in [1.165, 1.54) is 43.0 Å². The number of nitrogens with zero attached hydrogens (tertiary/aromatic N) is 1. The Hall–Kier alpha value is -2.20. The van der Waals surface area contributed by atoms with Crippen molar-refractivity contribution >= 4 is 35.2 Å². The topological polar surface area (TPSA) is 98.7 Å². The van der Waals surface area contributed by atoms with Gasteiger partial charge in [-0.1, -0.05) is 11.8 Å². The van der Waals surface area contributed by atoms with Crippen LogP contribution < -0.4 is 10.6 Å². The number of benzene rings is 1. The van der Waals surface area contributed by atoms with Gasteiger partial charge in [0, 0.05) is 30.6 Å². The van der Waals surface area contributed by atoms with Gasteiger partial charge in [0.05, 0.1) is 6.54 Å². The van der Waals surface area contributed by atoms with Crippen LogP contribution in [0.3, 0.4) is 0 Å². The van der Waals surface area contributed by atoms with Crippen LogP contribution in [0.2, 0.25) is 0 Å². The molecule has 0 bridgehead atoms. The van der Waals surface area contributed by atoms with Crippen molar-refractivity contribution in [1.82, 2.24) is 10.2 Å². The van der Waals surface area contributed by atoms with Crippen LogP contribution in [-0.2, 0) is 14.4 Å². The summed E-state index contributed by atoms with van der Waals surface area (Å²) >= 11 is 0.401. The number of halogens is 2. The predicted octanol–water partition coefficient (Wildman–Crippen LogP) is 1.85. The van der Waals surface area contributed by atoms with E-state index in [2.05, 4.69) is 10.6 Å². The van der Waals surface area contributed by atoms with E-state index in [1.54, 1.807) is 0 Å². The minimum atomic E-state index is -2.52. The van der Waals surface area contributed by atoms with Crippen molar-refractivity contribution in [2.45, 2.75) is 30.5 Å². The normalized spacial score (nSPS) is 12.1. The molecule has 0 heterocycles. The van der Waals surface area contributed by atoms with Gasteiger partial charge in [0.2, 0.25) is 11.8 Å². The number of rotatable bonds is 10. The van der Waals surface area contributed by atoms with Crippen molar-refractivity contribution in [2.75, 3.05) is 25.0 Å². The lowest BCUT2D eigenvalue weighted by Crippen LogP contribution is -2.46. The predicted molar refractivity (Wildman–Crippen MR) is 94.3 cm³/mol. The fourth-order valence-corrected chi connectivity index (χ4v) is 2.54. The Kier molecular flexibility index (Phi) is 9.00. The number of nitrogens with one attached hydrogen (secondary N) is 2. The van der Waals surface area contributed by atoms with Gasteiger partial charge >= 0.3 is 5.97 Å². The second kappa shape index (κ2) is 10.7. The second-order valence-corrected chi connectivity index (χ2v) is 6.48. The van der Waals surface area contributed by atoms with Crippen molar-refractivity contribution in [3.05, 3.63) is 24.3 Å². The minimum Gasteiger partial charge on any atom is -0.480 e. The second-order valence-electron chi connectivity index (χ2n) is 5.42. The fourth-order valence-electron chi connectivity index (χ4n) is 2.05. The zero-order valence-corrected chi connectivity index (χ0v) is 15.2. The van der Waals surface area contributed by atoms with E-state index in [9.17, 15) is 23.2 Å². The fraction of sp³-hybridized carbons (Fsp3) is 0.438. The number of thioether (sulfide) groups is 1. The van der Waals surface area contributed by atoms with Gasteiger partial charge in [-0.3, -0.25) is 19.3 Å². The summed E-state index contributed by atoms with van der Waals surface area (Å²) in [7, 11) is 0. The molecule has 0 fully saturated rings. The van der Waals surface area contributed by atoms with Gasteiger partial charge in [-0.05, 0) is 31.2 Å². The summed E-state index contributed by atoms with van der Waals surface area (Å²) in [5.74, 6) is -4.31. The zero-order valence-electron chi connectivity index (χ0n) is 14.4. The maximum absolute atomic E-state index is 12.3. The van der Waals surface area contributed by atoms with Gasteiger partial charge in [0.15, 0.2) is 0 Å². The summed E-state index contributed by atoms with van der Waals surface area (Å²) in [6.45, 7) is 2.98. The molecule has 1 unspecified atom stereocenters. The zero-order chi connectivity index (χ0) is 19.7. The molecule has 1 aromatic rings. The molecule has 0 aliphatic rings. The number of carboxylic acid groups (broad SMARTS) is 1. The van der Waals surface area contributed by atoms with Gasteiger partial charge in [-0.15, -0.1) is 0 Å². The van der Waals surface area contributed by atoms with Crippen molar-refractivity contribution in [3.63, 3.8) is 0 Å². The van der Waals surface area contributed by atoms with Crippen LogP contribution in [0.5, 0.6) is 0 Å². The standard InChI is InChI=1S/C16H21F2N3O4S/c1-10(15(24)25)21(8-7-19-11(2)22)9-14(23)20-12-3-5-13(6-4-12)26-16(17)18/h3-6,10,16H,7-9H2,1-2H3,(H,19,22)(H,20,23)(H,24,25). The average molecular weight is 389 g/mol. The van der Waals surface area contributed by atoms with Gasteiger partial charge in [-0.25, -0.2) is 0 Å². The Balaban J connectivity index is 2.64. The first kappa shape index (κ1) is 21.8. The molecule has 0 saturated heterocycles. The number of anilines is 1. The van der Waals surface area contributed by atoms with Crippen LogP contribution in [0.4, 0.5) is 14.5 Å². The molecule has 1 aromatic carbocycles. The quantitative estimate of drug-likeness (QED) is 0.528. The Morgan fingerprint density at radius 2 is 1.85 bits per heavy atom. The summed E-state index contributed by atoms with van der Waals surface area (Å²) in [5, 5.41) is 14.3. The van der Waals surface area contributed by atoms with Crippen LogP contribution in [0.25, 0.3) is 0 Å². The number of carbonyl (C=O) groups is 3. The number of amides is 2. The van der Waals surface area contributed by atoms with E-state index in [0.717, 1.165) is 0 Å². The monoisotopic (exact) mass is 389 g/mol.